The predicted molar refractivity (Wildman–Crippen MR) is 88.0 cm³/mol. The number of ether oxygens (including phenoxy) is 6. The van der Waals surface area contributed by atoms with Crippen LogP contribution >= 0.6 is 0 Å². The Hall–Kier alpha value is -1.48. The summed E-state index contributed by atoms with van der Waals surface area (Å²) in [6.07, 6.45) is 2.18. The number of rotatable bonds is 6. The van der Waals surface area contributed by atoms with Gasteiger partial charge in [0.1, 0.15) is 25.4 Å². The van der Waals surface area contributed by atoms with Gasteiger partial charge in [0.15, 0.2) is 18.2 Å². The normalized spacial score (nSPS) is 32.2. The monoisotopic (exact) mass is 370 g/mol. The molecule has 0 radical (unpaired) electrons. The Balaban J connectivity index is 1.55. The average molecular weight is 370 g/mol. The van der Waals surface area contributed by atoms with Crippen LogP contribution in [0.5, 0.6) is 0 Å². The lowest BCUT2D eigenvalue weighted by Crippen LogP contribution is -2.40. The van der Waals surface area contributed by atoms with Crippen LogP contribution in [0.4, 0.5) is 0 Å². The molecule has 0 aromatic heterocycles. The third-order valence-electron chi connectivity index (χ3n) is 4.86. The number of hydrogen-bond acceptors (Lipinski definition) is 8. The van der Waals surface area contributed by atoms with E-state index in [2.05, 4.69) is 6.58 Å². The highest BCUT2D eigenvalue weighted by Crippen LogP contribution is 2.46. The summed E-state index contributed by atoms with van der Waals surface area (Å²) in [7, 11) is 1.50. The summed E-state index contributed by atoms with van der Waals surface area (Å²) in [5.74, 6) is -1.75. The van der Waals surface area contributed by atoms with E-state index in [1.165, 1.54) is 7.11 Å². The zero-order valence-electron chi connectivity index (χ0n) is 15.2. The standard InChI is InChI=1S/C18H26O8/c1-11(2)15(19)22-9-10-23-16(20)13-12-14(17(21-3)24-13)26-18(25-12)7-5-4-6-8-18/h12-14,17H,1,4-10H2,2-3H3. The number of carbonyl (C=O) groups excluding carboxylic acids is 2. The SMILES string of the molecule is C=C(C)C(=O)OCCOC(=O)C1OC(OC)C2OC3(CCCCC3)OC12. The molecule has 0 N–H and O–H groups in total. The number of esters is 2. The fourth-order valence-corrected chi connectivity index (χ4v) is 3.59. The molecule has 146 valence electrons. The molecule has 2 heterocycles. The Morgan fingerprint density at radius 3 is 2.38 bits per heavy atom. The summed E-state index contributed by atoms with van der Waals surface area (Å²) >= 11 is 0. The van der Waals surface area contributed by atoms with Gasteiger partial charge < -0.3 is 28.4 Å². The molecule has 2 saturated heterocycles. The first-order chi connectivity index (χ1) is 12.5. The van der Waals surface area contributed by atoms with E-state index >= 15 is 0 Å². The minimum absolute atomic E-state index is 0.0484. The molecule has 1 aliphatic carbocycles. The maximum Gasteiger partial charge on any atom is 0.338 e. The third kappa shape index (κ3) is 3.93. The molecule has 26 heavy (non-hydrogen) atoms. The van der Waals surface area contributed by atoms with Gasteiger partial charge in [-0.3, -0.25) is 0 Å². The Morgan fingerprint density at radius 2 is 1.73 bits per heavy atom. The molecule has 3 rings (SSSR count). The van der Waals surface area contributed by atoms with Gasteiger partial charge >= 0.3 is 11.9 Å². The van der Waals surface area contributed by atoms with Crippen LogP contribution in [-0.2, 0) is 38.0 Å². The lowest BCUT2D eigenvalue weighted by atomic mass is 9.94. The van der Waals surface area contributed by atoms with Gasteiger partial charge in [0.2, 0.25) is 0 Å². The molecule has 0 aromatic rings. The zero-order valence-corrected chi connectivity index (χ0v) is 15.2. The van der Waals surface area contributed by atoms with E-state index in [1.807, 2.05) is 0 Å². The molecule has 3 aliphatic rings. The summed E-state index contributed by atoms with van der Waals surface area (Å²) in [4.78, 5) is 23.7. The molecule has 2 aliphatic heterocycles. The van der Waals surface area contributed by atoms with Crippen molar-refractivity contribution < 1.29 is 38.0 Å². The Morgan fingerprint density at radius 1 is 1.08 bits per heavy atom. The molecule has 0 amide bonds. The molecule has 3 fully saturated rings. The van der Waals surface area contributed by atoms with E-state index in [4.69, 9.17) is 28.4 Å². The molecule has 1 saturated carbocycles. The van der Waals surface area contributed by atoms with E-state index in [1.54, 1.807) is 6.92 Å². The van der Waals surface area contributed by atoms with Gasteiger partial charge in [-0.05, 0) is 19.8 Å². The molecule has 4 unspecified atom stereocenters. The van der Waals surface area contributed by atoms with Crippen molar-refractivity contribution in [3.63, 3.8) is 0 Å². The number of fused-ring (bicyclic) bond motifs is 1. The van der Waals surface area contributed by atoms with Crippen molar-refractivity contribution in [2.45, 2.75) is 69.4 Å². The number of hydrogen-bond donors (Lipinski definition) is 0. The van der Waals surface area contributed by atoms with Crippen molar-refractivity contribution in [3.8, 4) is 0 Å². The van der Waals surface area contributed by atoms with Gasteiger partial charge in [0.05, 0.1) is 0 Å². The molecular formula is C18H26O8. The molecule has 8 heteroatoms. The van der Waals surface area contributed by atoms with E-state index < -0.39 is 42.3 Å². The number of methoxy groups -OCH3 is 1. The van der Waals surface area contributed by atoms with Crippen molar-refractivity contribution in [3.05, 3.63) is 12.2 Å². The van der Waals surface area contributed by atoms with Crippen LogP contribution in [0.15, 0.2) is 12.2 Å². The highest BCUT2D eigenvalue weighted by molar-refractivity contribution is 5.86. The van der Waals surface area contributed by atoms with Crippen molar-refractivity contribution >= 4 is 11.9 Å². The first-order valence-corrected chi connectivity index (χ1v) is 8.99. The summed E-state index contributed by atoms with van der Waals surface area (Å²) in [5, 5.41) is 0. The van der Waals surface area contributed by atoms with Crippen molar-refractivity contribution in [1.29, 1.82) is 0 Å². The summed E-state index contributed by atoms with van der Waals surface area (Å²) < 4.78 is 33.3. The smallest absolute Gasteiger partial charge is 0.338 e. The van der Waals surface area contributed by atoms with Gasteiger partial charge in [-0.1, -0.05) is 13.0 Å². The molecule has 0 aromatic carbocycles. The predicted octanol–water partition coefficient (Wildman–Crippen LogP) is 1.46. The van der Waals surface area contributed by atoms with E-state index in [-0.39, 0.29) is 18.8 Å². The molecule has 0 bridgehead atoms. The van der Waals surface area contributed by atoms with Crippen LogP contribution in [0, 0.1) is 0 Å². The lowest BCUT2D eigenvalue weighted by Gasteiger charge is -2.33. The van der Waals surface area contributed by atoms with Gasteiger partial charge in [-0.15, -0.1) is 0 Å². The fraction of sp³-hybridized carbons (Fsp3) is 0.778. The van der Waals surface area contributed by atoms with Crippen molar-refractivity contribution in [1.82, 2.24) is 0 Å². The highest BCUT2D eigenvalue weighted by atomic mass is 16.8. The van der Waals surface area contributed by atoms with Crippen LogP contribution in [0.2, 0.25) is 0 Å². The average Bonchev–Trinajstić information content (AvgIpc) is 3.13. The fourth-order valence-electron chi connectivity index (χ4n) is 3.59. The lowest BCUT2D eigenvalue weighted by molar-refractivity contribution is -0.252. The minimum Gasteiger partial charge on any atom is -0.460 e. The first kappa shape index (κ1) is 19.3. The summed E-state index contributed by atoms with van der Waals surface area (Å²) in [5.41, 5.74) is 0.288. The van der Waals surface area contributed by atoms with Gasteiger partial charge in [-0.25, -0.2) is 9.59 Å². The quantitative estimate of drug-likeness (QED) is 0.394. The molecule has 4 atom stereocenters. The van der Waals surface area contributed by atoms with Crippen LogP contribution in [0.1, 0.15) is 39.0 Å². The van der Waals surface area contributed by atoms with Crippen LogP contribution < -0.4 is 0 Å². The summed E-state index contributed by atoms with van der Waals surface area (Å²) in [6, 6.07) is 0. The molecule has 8 nitrogen and oxygen atoms in total. The maximum absolute atomic E-state index is 12.4. The Kier molecular flexibility index (Phi) is 5.96. The Bertz CT molecular complexity index is 553. The van der Waals surface area contributed by atoms with Crippen molar-refractivity contribution in [2.75, 3.05) is 20.3 Å². The van der Waals surface area contributed by atoms with E-state index in [0.717, 1.165) is 32.1 Å². The van der Waals surface area contributed by atoms with Crippen LogP contribution in [-0.4, -0.2) is 62.7 Å². The van der Waals surface area contributed by atoms with Crippen LogP contribution in [0.3, 0.4) is 0 Å². The van der Waals surface area contributed by atoms with Gasteiger partial charge in [0.25, 0.3) is 0 Å². The minimum atomic E-state index is -0.928. The van der Waals surface area contributed by atoms with E-state index in [0.29, 0.717) is 0 Å². The second-order valence-corrected chi connectivity index (χ2v) is 6.88. The largest absolute Gasteiger partial charge is 0.460 e. The maximum atomic E-state index is 12.4. The second kappa shape index (κ2) is 8.04. The van der Waals surface area contributed by atoms with Crippen LogP contribution in [0.25, 0.3) is 0 Å². The number of carbonyl (C=O) groups is 2. The summed E-state index contributed by atoms with van der Waals surface area (Å²) in [6.45, 7) is 4.91. The highest BCUT2D eigenvalue weighted by Gasteiger charge is 2.60. The third-order valence-corrected chi connectivity index (χ3v) is 4.86. The topological polar surface area (TPSA) is 89.5 Å². The second-order valence-electron chi connectivity index (χ2n) is 6.88. The van der Waals surface area contributed by atoms with Gasteiger partial charge in [-0.2, -0.15) is 0 Å². The Labute approximate surface area is 152 Å². The van der Waals surface area contributed by atoms with Gasteiger partial charge in [0, 0.05) is 25.5 Å². The first-order valence-electron chi connectivity index (χ1n) is 8.99. The van der Waals surface area contributed by atoms with E-state index in [9.17, 15) is 9.59 Å². The zero-order chi connectivity index (χ0) is 18.7. The molecular weight excluding hydrogens is 344 g/mol. The molecule has 1 spiro atoms. The van der Waals surface area contributed by atoms with Crippen molar-refractivity contribution in [2.24, 2.45) is 0 Å².